The van der Waals surface area contributed by atoms with Crippen LogP contribution in [0.4, 0.5) is 0 Å². The zero-order valence-electron chi connectivity index (χ0n) is 9.66. The van der Waals surface area contributed by atoms with Gasteiger partial charge in [0.15, 0.2) is 0 Å². The summed E-state index contributed by atoms with van der Waals surface area (Å²) in [5.74, 6) is 0.0943. The molecule has 0 aliphatic rings. The van der Waals surface area contributed by atoms with E-state index in [9.17, 15) is 4.79 Å². The van der Waals surface area contributed by atoms with Crippen molar-refractivity contribution in [2.45, 2.75) is 13.5 Å². The van der Waals surface area contributed by atoms with Crippen molar-refractivity contribution in [3.63, 3.8) is 0 Å². The van der Waals surface area contributed by atoms with Crippen molar-refractivity contribution in [2.24, 2.45) is 0 Å². The molecule has 16 heavy (non-hydrogen) atoms. The van der Waals surface area contributed by atoms with Crippen LogP contribution >= 0.6 is 11.6 Å². The summed E-state index contributed by atoms with van der Waals surface area (Å²) in [4.78, 5) is 13.3. The van der Waals surface area contributed by atoms with E-state index in [0.717, 1.165) is 12.1 Å². The Morgan fingerprint density at radius 3 is 2.56 bits per heavy atom. The van der Waals surface area contributed by atoms with Crippen LogP contribution in [-0.2, 0) is 11.3 Å². The molecular formula is C12H17ClN2O. The molecule has 0 aromatic heterocycles. The number of carbonyl (C=O) groups is 1. The lowest BCUT2D eigenvalue weighted by Crippen LogP contribution is -2.35. The third-order valence-electron chi connectivity index (χ3n) is 2.28. The van der Waals surface area contributed by atoms with Gasteiger partial charge in [0.05, 0.1) is 6.54 Å². The van der Waals surface area contributed by atoms with Gasteiger partial charge >= 0.3 is 0 Å². The number of halogens is 1. The van der Waals surface area contributed by atoms with Crippen molar-refractivity contribution in [1.82, 2.24) is 10.2 Å². The van der Waals surface area contributed by atoms with Gasteiger partial charge in [0.2, 0.25) is 5.91 Å². The van der Waals surface area contributed by atoms with Gasteiger partial charge < -0.3 is 10.2 Å². The number of hydrogen-bond donors (Lipinski definition) is 1. The van der Waals surface area contributed by atoms with Crippen molar-refractivity contribution in [2.75, 3.05) is 20.1 Å². The van der Waals surface area contributed by atoms with E-state index in [2.05, 4.69) is 5.32 Å². The molecule has 1 aromatic carbocycles. The van der Waals surface area contributed by atoms with Crippen molar-refractivity contribution in [3.8, 4) is 0 Å². The molecule has 0 radical (unpaired) electrons. The average Bonchev–Trinajstić information content (AvgIpc) is 2.29. The Morgan fingerprint density at radius 2 is 2.00 bits per heavy atom. The van der Waals surface area contributed by atoms with Gasteiger partial charge in [-0.15, -0.1) is 0 Å². The fraction of sp³-hybridized carbons (Fsp3) is 0.417. The molecule has 0 bridgehead atoms. The maximum atomic E-state index is 11.6. The van der Waals surface area contributed by atoms with Crippen LogP contribution in [0, 0.1) is 0 Å². The standard InChI is InChI=1S/C12H17ClN2O/c1-3-14-8-12(16)15(2)9-10-4-6-11(13)7-5-10/h4-7,14H,3,8-9H2,1-2H3. The normalized spacial score (nSPS) is 10.2. The molecule has 0 spiro atoms. The SMILES string of the molecule is CCNCC(=O)N(C)Cc1ccc(Cl)cc1. The van der Waals surface area contributed by atoms with E-state index in [1.54, 1.807) is 11.9 Å². The number of nitrogens with zero attached hydrogens (tertiary/aromatic N) is 1. The van der Waals surface area contributed by atoms with Crippen molar-refractivity contribution in [3.05, 3.63) is 34.9 Å². The molecule has 88 valence electrons. The molecule has 0 saturated heterocycles. The molecule has 3 nitrogen and oxygen atoms in total. The minimum Gasteiger partial charge on any atom is -0.340 e. The summed E-state index contributed by atoms with van der Waals surface area (Å²) < 4.78 is 0. The number of rotatable bonds is 5. The first-order chi connectivity index (χ1) is 7.63. The molecule has 4 heteroatoms. The molecule has 0 heterocycles. The lowest BCUT2D eigenvalue weighted by atomic mass is 10.2. The minimum absolute atomic E-state index is 0.0943. The smallest absolute Gasteiger partial charge is 0.236 e. The summed E-state index contributed by atoms with van der Waals surface area (Å²) in [5.41, 5.74) is 1.08. The van der Waals surface area contributed by atoms with Crippen LogP contribution in [0.2, 0.25) is 5.02 Å². The van der Waals surface area contributed by atoms with Gasteiger partial charge in [0.25, 0.3) is 0 Å². The predicted octanol–water partition coefficient (Wildman–Crippen LogP) is 1.91. The number of nitrogens with one attached hydrogen (secondary N) is 1. The third kappa shape index (κ3) is 4.21. The fourth-order valence-electron chi connectivity index (χ4n) is 1.32. The van der Waals surface area contributed by atoms with Crippen LogP contribution in [0.25, 0.3) is 0 Å². The summed E-state index contributed by atoms with van der Waals surface area (Å²) in [6, 6.07) is 7.53. The van der Waals surface area contributed by atoms with E-state index in [-0.39, 0.29) is 5.91 Å². The Bertz CT molecular complexity index is 337. The topological polar surface area (TPSA) is 32.3 Å². The Morgan fingerprint density at radius 1 is 1.38 bits per heavy atom. The fourth-order valence-corrected chi connectivity index (χ4v) is 1.44. The number of amides is 1. The highest BCUT2D eigenvalue weighted by Crippen LogP contribution is 2.10. The quantitative estimate of drug-likeness (QED) is 0.853. The van der Waals surface area contributed by atoms with E-state index >= 15 is 0 Å². The van der Waals surface area contributed by atoms with E-state index in [1.807, 2.05) is 31.2 Å². The Balaban J connectivity index is 2.47. The number of benzene rings is 1. The van der Waals surface area contributed by atoms with Gasteiger partial charge in [-0.25, -0.2) is 0 Å². The Hall–Kier alpha value is -1.06. The lowest BCUT2D eigenvalue weighted by Gasteiger charge is -2.17. The molecule has 1 rings (SSSR count). The van der Waals surface area contributed by atoms with E-state index < -0.39 is 0 Å². The molecule has 0 aliphatic heterocycles. The number of carbonyl (C=O) groups excluding carboxylic acids is 1. The summed E-state index contributed by atoms with van der Waals surface area (Å²) >= 11 is 5.79. The molecule has 1 aromatic rings. The molecule has 0 fully saturated rings. The van der Waals surface area contributed by atoms with Crippen LogP contribution in [0.5, 0.6) is 0 Å². The van der Waals surface area contributed by atoms with Crippen molar-refractivity contribution >= 4 is 17.5 Å². The maximum absolute atomic E-state index is 11.6. The van der Waals surface area contributed by atoms with Crippen LogP contribution in [0.15, 0.2) is 24.3 Å². The minimum atomic E-state index is 0.0943. The summed E-state index contributed by atoms with van der Waals surface area (Å²) in [6.45, 7) is 3.79. The second-order valence-corrected chi connectivity index (χ2v) is 4.09. The van der Waals surface area contributed by atoms with Crippen LogP contribution in [-0.4, -0.2) is 30.9 Å². The van der Waals surface area contributed by atoms with E-state index in [4.69, 9.17) is 11.6 Å². The van der Waals surface area contributed by atoms with Crippen molar-refractivity contribution in [1.29, 1.82) is 0 Å². The second-order valence-electron chi connectivity index (χ2n) is 3.66. The predicted molar refractivity (Wildman–Crippen MR) is 66.5 cm³/mol. The second kappa shape index (κ2) is 6.51. The Kier molecular flexibility index (Phi) is 5.29. The molecule has 1 N–H and O–H groups in total. The van der Waals surface area contributed by atoms with Crippen LogP contribution < -0.4 is 5.32 Å². The first-order valence-corrected chi connectivity index (χ1v) is 5.70. The third-order valence-corrected chi connectivity index (χ3v) is 2.54. The lowest BCUT2D eigenvalue weighted by molar-refractivity contribution is -0.129. The summed E-state index contributed by atoms with van der Waals surface area (Å²) in [5, 5.41) is 3.72. The largest absolute Gasteiger partial charge is 0.340 e. The zero-order chi connectivity index (χ0) is 12.0. The van der Waals surface area contributed by atoms with Crippen molar-refractivity contribution < 1.29 is 4.79 Å². The van der Waals surface area contributed by atoms with Gasteiger partial charge in [-0.2, -0.15) is 0 Å². The molecule has 0 aliphatic carbocycles. The van der Waals surface area contributed by atoms with Gasteiger partial charge in [0.1, 0.15) is 0 Å². The van der Waals surface area contributed by atoms with Gasteiger partial charge in [-0.05, 0) is 24.2 Å². The molecule has 0 unspecified atom stereocenters. The highest BCUT2D eigenvalue weighted by Gasteiger charge is 2.07. The number of likely N-dealkylation sites (N-methyl/N-ethyl adjacent to an activating group) is 2. The molecule has 1 amide bonds. The maximum Gasteiger partial charge on any atom is 0.236 e. The average molecular weight is 241 g/mol. The van der Waals surface area contributed by atoms with Gasteiger partial charge in [-0.1, -0.05) is 30.7 Å². The zero-order valence-corrected chi connectivity index (χ0v) is 10.4. The monoisotopic (exact) mass is 240 g/mol. The van der Waals surface area contributed by atoms with Gasteiger partial charge in [0, 0.05) is 18.6 Å². The van der Waals surface area contributed by atoms with Crippen LogP contribution in [0.3, 0.4) is 0 Å². The molecule has 0 saturated carbocycles. The molecule has 0 atom stereocenters. The Labute approximate surface area is 101 Å². The molecular weight excluding hydrogens is 224 g/mol. The first-order valence-electron chi connectivity index (χ1n) is 5.32. The van der Waals surface area contributed by atoms with Gasteiger partial charge in [-0.3, -0.25) is 4.79 Å². The van der Waals surface area contributed by atoms with Crippen LogP contribution in [0.1, 0.15) is 12.5 Å². The summed E-state index contributed by atoms with van der Waals surface area (Å²) in [6.07, 6.45) is 0. The highest BCUT2D eigenvalue weighted by molar-refractivity contribution is 6.30. The number of hydrogen-bond acceptors (Lipinski definition) is 2. The highest BCUT2D eigenvalue weighted by atomic mass is 35.5. The summed E-state index contributed by atoms with van der Waals surface area (Å²) in [7, 11) is 1.80. The van der Waals surface area contributed by atoms with E-state index in [0.29, 0.717) is 18.1 Å². The van der Waals surface area contributed by atoms with E-state index in [1.165, 1.54) is 0 Å². The first kappa shape index (κ1) is 13.0.